The number of hydrogen-bond donors (Lipinski definition) is 2. The molecule has 0 aliphatic heterocycles. The van der Waals surface area contributed by atoms with E-state index in [2.05, 4.69) is 20.9 Å². The van der Waals surface area contributed by atoms with E-state index >= 15 is 0 Å². The first-order chi connectivity index (χ1) is 11.3. The van der Waals surface area contributed by atoms with E-state index in [0.29, 0.717) is 23.7 Å². The van der Waals surface area contributed by atoms with Crippen LogP contribution in [0.1, 0.15) is 38.2 Å². The molecular weight excluding hydrogens is 420 g/mol. The molecule has 1 heterocycles. The van der Waals surface area contributed by atoms with Gasteiger partial charge in [-0.3, -0.25) is 14.1 Å². The Hall–Kier alpha value is -0.0700. The van der Waals surface area contributed by atoms with E-state index in [1.54, 1.807) is 32.2 Å². The molecule has 7 nitrogen and oxygen atoms in total. The highest BCUT2D eigenvalue weighted by Gasteiger charge is 2.52. The minimum atomic E-state index is -4.77. The van der Waals surface area contributed by atoms with Gasteiger partial charge < -0.3 is 18.8 Å². The van der Waals surface area contributed by atoms with Gasteiger partial charge in [0.15, 0.2) is 5.40 Å². The van der Waals surface area contributed by atoms with Crippen LogP contribution in [0.3, 0.4) is 0 Å². The lowest BCUT2D eigenvalue weighted by molar-refractivity contribution is 0.210. The van der Waals surface area contributed by atoms with E-state index < -0.39 is 26.5 Å². The summed E-state index contributed by atoms with van der Waals surface area (Å²) in [6.07, 6.45) is 4.16. The first-order valence-corrected chi connectivity index (χ1v) is 12.1. The van der Waals surface area contributed by atoms with Gasteiger partial charge in [0.25, 0.3) is 0 Å². The third-order valence-electron chi connectivity index (χ3n) is 3.41. The molecule has 2 atom stereocenters. The fourth-order valence-electron chi connectivity index (χ4n) is 2.57. The summed E-state index contributed by atoms with van der Waals surface area (Å²) in [6.45, 7) is 3.29. The molecular formula is C14H24BrNO6P2. The zero-order valence-corrected chi connectivity index (χ0v) is 17.1. The number of alkyl halides is 1. The number of aromatic nitrogens is 1. The summed E-state index contributed by atoms with van der Waals surface area (Å²) in [5, 5.41) is -0.904. The lowest BCUT2D eigenvalue weighted by Crippen LogP contribution is -2.23. The molecule has 0 radical (unpaired) electrons. The van der Waals surface area contributed by atoms with Crippen molar-refractivity contribution in [2.75, 3.05) is 18.5 Å². The van der Waals surface area contributed by atoms with Gasteiger partial charge in [-0.25, -0.2) is 0 Å². The van der Waals surface area contributed by atoms with Crippen molar-refractivity contribution in [1.29, 1.82) is 0 Å². The van der Waals surface area contributed by atoms with Crippen molar-refractivity contribution in [3.05, 3.63) is 30.1 Å². The van der Waals surface area contributed by atoms with Crippen LogP contribution in [0.25, 0.3) is 0 Å². The average molecular weight is 444 g/mol. The van der Waals surface area contributed by atoms with Gasteiger partial charge in [0.1, 0.15) is 0 Å². The quantitative estimate of drug-likeness (QED) is 0.391. The van der Waals surface area contributed by atoms with Gasteiger partial charge in [-0.15, -0.1) is 0 Å². The zero-order chi connectivity index (χ0) is 18.2. The number of nitrogens with zero attached hydrogens (tertiary/aromatic N) is 1. The second kappa shape index (κ2) is 10.2. The van der Waals surface area contributed by atoms with Crippen molar-refractivity contribution in [2.45, 2.75) is 38.0 Å². The summed E-state index contributed by atoms with van der Waals surface area (Å²) in [5.74, 6) is -0.694. The highest BCUT2D eigenvalue weighted by molar-refractivity contribution is 9.09. The molecule has 138 valence electrons. The largest absolute Gasteiger partial charge is 0.346 e. The molecule has 0 spiro atoms. The molecule has 10 heteroatoms. The second-order valence-electron chi connectivity index (χ2n) is 5.10. The molecule has 0 aromatic carbocycles. The Bertz CT molecular complexity index is 572. The summed E-state index contributed by atoms with van der Waals surface area (Å²) in [4.78, 5) is 23.9. The molecule has 0 aliphatic carbocycles. The van der Waals surface area contributed by atoms with Crippen molar-refractivity contribution in [3.8, 4) is 0 Å². The van der Waals surface area contributed by atoms with Crippen LogP contribution in [0.15, 0.2) is 24.5 Å². The molecule has 1 aromatic heterocycles. The van der Waals surface area contributed by atoms with Gasteiger partial charge in [-0.05, 0) is 38.3 Å². The molecule has 1 aromatic rings. The maximum absolute atomic E-state index is 13.2. The molecule has 1 rings (SSSR count). The number of halogens is 1. The fourth-order valence-corrected chi connectivity index (χ4v) is 7.42. The predicted octanol–water partition coefficient (Wildman–Crippen LogP) is 4.11. The van der Waals surface area contributed by atoms with E-state index in [1.165, 1.54) is 6.20 Å². The van der Waals surface area contributed by atoms with Crippen LogP contribution in [0.4, 0.5) is 0 Å². The Morgan fingerprint density at radius 2 is 1.88 bits per heavy atom. The summed E-state index contributed by atoms with van der Waals surface area (Å²) in [7, 11) is -8.79. The number of pyridine rings is 1. The van der Waals surface area contributed by atoms with Gasteiger partial charge in [0.2, 0.25) is 0 Å². The lowest BCUT2D eigenvalue weighted by Gasteiger charge is -2.32. The van der Waals surface area contributed by atoms with E-state index in [-0.39, 0.29) is 13.2 Å². The Morgan fingerprint density at radius 1 is 1.25 bits per heavy atom. The normalized spacial score (nSPS) is 15.2. The summed E-state index contributed by atoms with van der Waals surface area (Å²) < 4.78 is 35.9. The van der Waals surface area contributed by atoms with Crippen LogP contribution < -0.4 is 0 Å². The highest BCUT2D eigenvalue weighted by atomic mass is 79.9. The number of rotatable bonds is 11. The Morgan fingerprint density at radius 3 is 2.29 bits per heavy atom. The molecule has 24 heavy (non-hydrogen) atoms. The Labute approximate surface area is 151 Å². The third-order valence-corrected chi connectivity index (χ3v) is 9.01. The maximum atomic E-state index is 13.2. The maximum Gasteiger partial charge on any atom is 0.346 e. The van der Waals surface area contributed by atoms with Crippen molar-refractivity contribution in [1.82, 2.24) is 4.98 Å². The van der Waals surface area contributed by atoms with Crippen LogP contribution in [0.2, 0.25) is 0 Å². The Kier molecular flexibility index (Phi) is 9.31. The smallest absolute Gasteiger partial charge is 0.324 e. The Balaban J connectivity index is 3.41. The van der Waals surface area contributed by atoms with Gasteiger partial charge in [0, 0.05) is 23.6 Å². The summed E-state index contributed by atoms with van der Waals surface area (Å²) in [6, 6.07) is 3.40. The first-order valence-electron chi connectivity index (χ1n) is 7.70. The van der Waals surface area contributed by atoms with Crippen LogP contribution in [0, 0.1) is 0 Å². The van der Waals surface area contributed by atoms with Gasteiger partial charge in [-0.2, -0.15) is 0 Å². The van der Waals surface area contributed by atoms with Gasteiger partial charge >= 0.3 is 15.2 Å². The molecule has 0 saturated carbocycles. The second-order valence-corrected chi connectivity index (χ2v) is 10.2. The molecule has 0 fully saturated rings. The van der Waals surface area contributed by atoms with E-state index in [1.807, 2.05) is 0 Å². The van der Waals surface area contributed by atoms with Crippen LogP contribution in [-0.4, -0.2) is 38.7 Å². The molecule has 0 bridgehead atoms. The third kappa shape index (κ3) is 6.03. The van der Waals surface area contributed by atoms with Crippen molar-refractivity contribution in [2.24, 2.45) is 0 Å². The van der Waals surface area contributed by atoms with Crippen LogP contribution in [0.5, 0.6) is 0 Å². The van der Waals surface area contributed by atoms with Crippen molar-refractivity contribution >= 4 is 31.1 Å². The monoisotopic (exact) mass is 443 g/mol. The zero-order valence-electron chi connectivity index (χ0n) is 13.7. The molecule has 2 N–H and O–H groups in total. The van der Waals surface area contributed by atoms with Crippen LogP contribution >= 0.6 is 31.1 Å². The summed E-state index contributed by atoms with van der Waals surface area (Å²) in [5.41, 5.74) is 0.603. The minimum absolute atomic E-state index is 0.0337. The van der Waals surface area contributed by atoms with E-state index in [0.717, 1.165) is 0 Å². The first kappa shape index (κ1) is 22.0. The topological polar surface area (TPSA) is 106 Å². The molecule has 2 unspecified atom stereocenters. The average Bonchev–Trinajstić information content (AvgIpc) is 2.51. The summed E-state index contributed by atoms with van der Waals surface area (Å²) >= 11 is 3.32. The minimum Gasteiger partial charge on any atom is -0.324 e. The SMILES string of the molecule is CCOP(=O)(OCC)C(C(CCCBr)c1cccnc1)P(=O)(O)O. The highest BCUT2D eigenvalue weighted by Crippen LogP contribution is 2.70. The van der Waals surface area contributed by atoms with Gasteiger partial charge in [0.05, 0.1) is 13.2 Å². The fraction of sp³-hybridized carbons (Fsp3) is 0.643. The van der Waals surface area contributed by atoms with Crippen LogP contribution in [-0.2, 0) is 18.2 Å². The number of hydrogen-bond acceptors (Lipinski definition) is 5. The van der Waals surface area contributed by atoms with E-state index in [4.69, 9.17) is 9.05 Å². The van der Waals surface area contributed by atoms with Gasteiger partial charge in [-0.1, -0.05) is 22.0 Å². The van der Waals surface area contributed by atoms with E-state index in [9.17, 15) is 18.9 Å². The molecule has 0 amide bonds. The molecule has 0 aliphatic rings. The lowest BCUT2D eigenvalue weighted by atomic mass is 9.98. The molecule has 0 saturated heterocycles. The van der Waals surface area contributed by atoms with Crippen molar-refractivity contribution < 1.29 is 28.0 Å². The predicted molar refractivity (Wildman–Crippen MR) is 96.7 cm³/mol. The standard InChI is InChI=1S/C14H24BrNO6P2/c1-3-21-24(20,22-4-2)14(23(17,18)19)13(8-5-9-15)12-7-6-10-16-11-12/h6-7,10-11,13-14H,3-5,8-9H2,1-2H3,(H2,17,18,19). The van der Waals surface area contributed by atoms with Crippen molar-refractivity contribution in [3.63, 3.8) is 0 Å².